The van der Waals surface area contributed by atoms with Crippen LogP contribution >= 0.6 is 11.8 Å². The molecule has 0 fully saturated rings. The number of nitrogens with zero attached hydrogens (tertiary/aromatic N) is 3. The molecular weight excluding hydrogens is 272 g/mol. The lowest BCUT2D eigenvalue weighted by atomic mass is 10.1. The lowest BCUT2D eigenvalue weighted by Gasteiger charge is -2.09. The molecule has 0 saturated carbocycles. The van der Waals surface area contributed by atoms with Crippen molar-refractivity contribution in [2.75, 3.05) is 5.75 Å². The number of benzene rings is 1. The summed E-state index contributed by atoms with van der Waals surface area (Å²) in [5.41, 5.74) is 9.39. The highest BCUT2D eigenvalue weighted by molar-refractivity contribution is 7.99. The van der Waals surface area contributed by atoms with Crippen LogP contribution in [0.3, 0.4) is 0 Å². The van der Waals surface area contributed by atoms with Gasteiger partial charge in [0.15, 0.2) is 10.8 Å². The number of nitrogens with two attached hydrogens (primary N) is 1. The topological polar surface area (TPSA) is 73.3 Å². The van der Waals surface area contributed by atoms with E-state index in [1.165, 1.54) is 17.1 Å². The highest BCUT2D eigenvalue weighted by Crippen LogP contribution is 2.27. The zero-order valence-electron chi connectivity index (χ0n) is 11.3. The molecule has 3 aromatic rings. The summed E-state index contributed by atoms with van der Waals surface area (Å²) in [5.74, 6) is -0.165. The Morgan fingerprint density at radius 2 is 2.10 bits per heavy atom. The van der Waals surface area contributed by atoms with E-state index in [0.717, 1.165) is 22.3 Å². The molecule has 0 radical (unpaired) electrons. The Bertz CT molecular complexity index is 825. The minimum atomic E-state index is -0.361. The van der Waals surface area contributed by atoms with Crippen LogP contribution in [0.4, 0.5) is 0 Å². The second-order valence-corrected chi connectivity index (χ2v) is 5.67. The molecule has 0 atom stereocenters. The number of carbonyl (C=O) groups excluding carboxylic acids is 1. The maximum atomic E-state index is 11.0. The Kier molecular flexibility index (Phi) is 3.10. The van der Waals surface area contributed by atoms with Crippen LogP contribution in [0.2, 0.25) is 0 Å². The Morgan fingerprint density at radius 1 is 1.30 bits per heavy atom. The first-order chi connectivity index (χ1) is 9.58. The molecule has 20 heavy (non-hydrogen) atoms. The van der Waals surface area contributed by atoms with Crippen LogP contribution in [-0.2, 0) is 4.79 Å². The van der Waals surface area contributed by atoms with Gasteiger partial charge in [-0.15, -0.1) is 10.2 Å². The molecule has 0 spiro atoms. The lowest BCUT2D eigenvalue weighted by molar-refractivity contribution is -0.115. The van der Waals surface area contributed by atoms with Crippen molar-refractivity contribution in [2.24, 2.45) is 5.73 Å². The first-order valence-corrected chi connectivity index (χ1v) is 7.21. The van der Waals surface area contributed by atoms with Gasteiger partial charge in [0.25, 0.3) is 0 Å². The van der Waals surface area contributed by atoms with Crippen molar-refractivity contribution in [2.45, 2.75) is 19.0 Å². The molecule has 0 unspecified atom stereocenters. The number of aryl methyl sites for hydroxylation is 2. The third kappa shape index (κ3) is 2.02. The van der Waals surface area contributed by atoms with E-state index in [-0.39, 0.29) is 11.7 Å². The van der Waals surface area contributed by atoms with Crippen molar-refractivity contribution in [3.63, 3.8) is 0 Å². The molecule has 3 rings (SSSR count). The maximum Gasteiger partial charge on any atom is 0.227 e. The van der Waals surface area contributed by atoms with E-state index in [4.69, 9.17) is 5.73 Å². The van der Waals surface area contributed by atoms with Crippen LogP contribution in [0.5, 0.6) is 0 Å². The maximum absolute atomic E-state index is 11.0. The molecule has 1 amide bonds. The minimum Gasteiger partial charge on any atom is -0.369 e. The van der Waals surface area contributed by atoms with Crippen LogP contribution in [0, 0.1) is 13.8 Å². The van der Waals surface area contributed by atoms with Gasteiger partial charge in [0.1, 0.15) is 0 Å². The van der Waals surface area contributed by atoms with E-state index in [0.29, 0.717) is 5.16 Å². The van der Waals surface area contributed by atoms with E-state index < -0.39 is 0 Å². The molecule has 5 nitrogen and oxygen atoms in total. The highest BCUT2D eigenvalue weighted by Gasteiger charge is 2.13. The number of carbonyl (C=O) groups is 1. The predicted molar refractivity (Wildman–Crippen MR) is 79.9 cm³/mol. The van der Waals surface area contributed by atoms with Crippen LogP contribution in [0.1, 0.15) is 11.1 Å². The molecule has 0 aliphatic rings. The van der Waals surface area contributed by atoms with Gasteiger partial charge < -0.3 is 5.73 Å². The van der Waals surface area contributed by atoms with Gasteiger partial charge >= 0.3 is 0 Å². The zero-order chi connectivity index (χ0) is 14.3. The van der Waals surface area contributed by atoms with E-state index in [2.05, 4.69) is 36.2 Å². The van der Waals surface area contributed by atoms with Gasteiger partial charge in [-0.3, -0.25) is 9.20 Å². The summed E-state index contributed by atoms with van der Waals surface area (Å²) in [6.07, 6.45) is 0. The fourth-order valence-electron chi connectivity index (χ4n) is 2.36. The number of hydrogen-bond acceptors (Lipinski definition) is 4. The molecule has 0 aliphatic heterocycles. The second-order valence-electron chi connectivity index (χ2n) is 4.73. The fourth-order valence-corrected chi connectivity index (χ4v) is 3.04. The average Bonchev–Trinajstić information content (AvgIpc) is 2.79. The van der Waals surface area contributed by atoms with Crippen LogP contribution in [0.15, 0.2) is 29.4 Å². The van der Waals surface area contributed by atoms with Crippen LogP contribution in [-0.4, -0.2) is 26.3 Å². The summed E-state index contributed by atoms with van der Waals surface area (Å²) in [6.45, 7) is 4.12. The monoisotopic (exact) mass is 286 g/mol. The number of para-hydroxylation sites is 1. The van der Waals surface area contributed by atoms with Crippen molar-refractivity contribution < 1.29 is 4.79 Å². The lowest BCUT2D eigenvalue weighted by Crippen LogP contribution is -2.13. The number of amides is 1. The molecule has 1 aromatic carbocycles. The van der Waals surface area contributed by atoms with Gasteiger partial charge in [-0.2, -0.15) is 0 Å². The van der Waals surface area contributed by atoms with Gasteiger partial charge in [0.2, 0.25) is 5.91 Å². The third-order valence-electron chi connectivity index (χ3n) is 3.23. The summed E-state index contributed by atoms with van der Waals surface area (Å²) in [5, 5.41) is 10.2. The molecule has 102 valence electrons. The Morgan fingerprint density at radius 3 is 2.85 bits per heavy atom. The molecule has 6 heteroatoms. The summed E-state index contributed by atoms with van der Waals surface area (Å²) < 4.78 is 1.99. The zero-order valence-corrected chi connectivity index (χ0v) is 12.1. The molecular formula is C14H14N4OS. The number of primary amides is 1. The van der Waals surface area contributed by atoms with Gasteiger partial charge in [-0.25, -0.2) is 0 Å². The van der Waals surface area contributed by atoms with E-state index in [9.17, 15) is 4.79 Å². The van der Waals surface area contributed by atoms with E-state index >= 15 is 0 Å². The predicted octanol–water partition coefficient (Wildman–Crippen LogP) is 2.08. The molecule has 2 aromatic heterocycles. The summed E-state index contributed by atoms with van der Waals surface area (Å²) in [4.78, 5) is 11.0. The molecule has 2 N–H and O–H groups in total. The number of aromatic nitrogens is 3. The van der Waals surface area contributed by atoms with Crippen molar-refractivity contribution in [1.29, 1.82) is 0 Å². The van der Waals surface area contributed by atoms with Crippen molar-refractivity contribution in [1.82, 2.24) is 14.6 Å². The normalized spacial score (nSPS) is 11.3. The average molecular weight is 286 g/mol. The number of rotatable bonds is 3. The number of fused-ring (bicyclic) bond motifs is 3. The minimum absolute atomic E-state index is 0.196. The Hall–Kier alpha value is -2.08. The first-order valence-electron chi connectivity index (χ1n) is 6.23. The summed E-state index contributed by atoms with van der Waals surface area (Å²) in [7, 11) is 0. The third-order valence-corrected chi connectivity index (χ3v) is 4.19. The SMILES string of the molecule is Cc1cc2nnc(SCC(N)=O)n2c2c(C)cccc12. The standard InChI is InChI=1S/C14H14N4OS/c1-8-4-3-5-10-9(2)6-12-16-17-14(18(12)13(8)10)20-7-11(15)19/h3-6H,7H2,1-2H3,(H2,15,19). The molecule has 0 saturated heterocycles. The fraction of sp³-hybridized carbons (Fsp3) is 0.214. The van der Waals surface area contributed by atoms with Gasteiger partial charge in [-0.1, -0.05) is 30.0 Å². The highest BCUT2D eigenvalue weighted by atomic mass is 32.2. The number of thioether (sulfide) groups is 1. The quantitative estimate of drug-likeness (QED) is 0.748. The molecule has 0 bridgehead atoms. The van der Waals surface area contributed by atoms with Gasteiger partial charge in [-0.05, 0) is 31.0 Å². The van der Waals surface area contributed by atoms with Gasteiger partial charge in [0, 0.05) is 5.39 Å². The van der Waals surface area contributed by atoms with Crippen LogP contribution in [0.25, 0.3) is 16.6 Å². The number of hydrogen-bond donors (Lipinski definition) is 1. The van der Waals surface area contributed by atoms with Crippen LogP contribution < -0.4 is 5.73 Å². The Balaban J connectivity index is 2.32. The summed E-state index contributed by atoms with van der Waals surface area (Å²) >= 11 is 1.31. The molecule has 0 aliphatic carbocycles. The number of pyridine rings is 1. The van der Waals surface area contributed by atoms with Crippen molar-refractivity contribution in [3.8, 4) is 0 Å². The van der Waals surface area contributed by atoms with E-state index in [1.54, 1.807) is 0 Å². The second kappa shape index (κ2) is 4.79. The molecule has 2 heterocycles. The van der Waals surface area contributed by atoms with Gasteiger partial charge in [0.05, 0.1) is 11.3 Å². The Labute approximate surface area is 120 Å². The first kappa shape index (κ1) is 12.9. The largest absolute Gasteiger partial charge is 0.369 e. The summed E-state index contributed by atoms with van der Waals surface area (Å²) in [6, 6.07) is 8.18. The van der Waals surface area contributed by atoms with Crippen molar-refractivity contribution >= 4 is 34.2 Å². The van der Waals surface area contributed by atoms with E-state index in [1.807, 2.05) is 16.5 Å². The van der Waals surface area contributed by atoms with Crippen molar-refractivity contribution in [3.05, 3.63) is 35.4 Å². The smallest absolute Gasteiger partial charge is 0.227 e.